The van der Waals surface area contributed by atoms with E-state index < -0.39 is 12.1 Å². The van der Waals surface area contributed by atoms with Gasteiger partial charge in [-0.2, -0.15) is 0 Å². The molecular weight excluding hydrogens is 342 g/mol. The van der Waals surface area contributed by atoms with E-state index in [0.717, 1.165) is 38.1 Å². The molecule has 0 aliphatic rings. The fourth-order valence-corrected chi connectivity index (χ4v) is 3.39. The SMILES string of the molecule is CCCCN(CCCC)CCCn1c(C(C)O)nc2cc(C(=O)O)ccc21. The first kappa shape index (κ1) is 21.4. The minimum absolute atomic E-state index is 0.217. The second-order valence-corrected chi connectivity index (χ2v) is 7.21. The van der Waals surface area contributed by atoms with Gasteiger partial charge >= 0.3 is 5.97 Å². The summed E-state index contributed by atoms with van der Waals surface area (Å²) in [6.45, 7) is 10.2. The fraction of sp³-hybridized carbons (Fsp3) is 0.619. The molecule has 6 nitrogen and oxygen atoms in total. The number of rotatable bonds is 12. The summed E-state index contributed by atoms with van der Waals surface area (Å²) in [6.07, 6.45) is 5.12. The standard InChI is InChI=1S/C21H33N3O3/c1-4-6-11-23(12-7-5-2)13-8-14-24-19-10-9-17(21(26)27)15-18(19)22-20(24)16(3)25/h9-10,15-16,25H,4-8,11-14H2,1-3H3,(H,26,27). The first-order valence-electron chi connectivity index (χ1n) is 10.1. The van der Waals surface area contributed by atoms with E-state index in [0.29, 0.717) is 11.3 Å². The van der Waals surface area contributed by atoms with Crippen molar-refractivity contribution in [1.82, 2.24) is 14.5 Å². The molecule has 2 N–H and O–H groups in total. The van der Waals surface area contributed by atoms with Crippen LogP contribution >= 0.6 is 0 Å². The molecule has 0 aliphatic heterocycles. The van der Waals surface area contributed by atoms with E-state index in [2.05, 4.69) is 23.7 Å². The molecular formula is C21H33N3O3. The molecule has 27 heavy (non-hydrogen) atoms. The highest BCUT2D eigenvalue weighted by molar-refractivity contribution is 5.92. The Morgan fingerprint density at radius 1 is 1.15 bits per heavy atom. The highest BCUT2D eigenvalue weighted by Gasteiger charge is 2.16. The van der Waals surface area contributed by atoms with Crippen molar-refractivity contribution in [1.29, 1.82) is 0 Å². The van der Waals surface area contributed by atoms with Gasteiger partial charge in [-0.05, 0) is 64.0 Å². The molecule has 1 heterocycles. The van der Waals surface area contributed by atoms with Gasteiger partial charge in [0.05, 0.1) is 16.6 Å². The number of aromatic carboxylic acids is 1. The molecule has 6 heteroatoms. The zero-order valence-corrected chi connectivity index (χ0v) is 16.8. The Kier molecular flexibility index (Phi) is 8.25. The van der Waals surface area contributed by atoms with Gasteiger partial charge in [-0.3, -0.25) is 0 Å². The van der Waals surface area contributed by atoms with E-state index in [1.54, 1.807) is 25.1 Å². The van der Waals surface area contributed by atoms with Crippen LogP contribution in [0, 0.1) is 0 Å². The molecule has 0 fully saturated rings. The van der Waals surface area contributed by atoms with Gasteiger partial charge < -0.3 is 19.7 Å². The highest BCUT2D eigenvalue weighted by atomic mass is 16.4. The molecule has 0 amide bonds. The maximum atomic E-state index is 11.2. The molecule has 1 atom stereocenters. The average molecular weight is 376 g/mol. The van der Waals surface area contributed by atoms with E-state index in [1.165, 1.54) is 25.7 Å². The lowest BCUT2D eigenvalue weighted by Gasteiger charge is -2.22. The monoisotopic (exact) mass is 375 g/mol. The van der Waals surface area contributed by atoms with Crippen molar-refractivity contribution in [3.63, 3.8) is 0 Å². The van der Waals surface area contributed by atoms with E-state index in [4.69, 9.17) is 0 Å². The average Bonchev–Trinajstić information content (AvgIpc) is 3.01. The highest BCUT2D eigenvalue weighted by Crippen LogP contribution is 2.22. The van der Waals surface area contributed by atoms with Crippen molar-refractivity contribution in [2.45, 2.75) is 65.5 Å². The maximum Gasteiger partial charge on any atom is 0.335 e. The Morgan fingerprint density at radius 2 is 1.78 bits per heavy atom. The number of aromatic nitrogens is 2. The Bertz CT molecular complexity index is 732. The summed E-state index contributed by atoms with van der Waals surface area (Å²) in [5, 5.41) is 19.3. The fourth-order valence-electron chi connectivity index (χ4n) is 3.39. The minimum Gasteiger partial charge on any atom is -0.478 e. The number of carboxylic acid groups (broad SMARTS) is 1. The second-order valence-electron chi connectivity index (χ2n) is 7.21. The number of aryl methyl sites for hydroxylation is 1. The summed E-state index contributed by atoms with van der Waals surface area (Å²) in [4.78, 5) is 18.2. The molecule has 1 aromatic heterocycles. The first-order valence-corrected chi connectivity index (χ1v) is 10.1. The van der Waals surface area contributed by atoms with E-state index in [1.807, 2.05) is 4.57 Å². The predicted molar refractivity (Wildman–Crippen MR) is 108 cm³/mol. The smallest absolute Gasteiger partial charge is 0.335 e. The summed E-state index contributed by atoms with van der Waals surface area (Å²) < 4.78 is 2.03. The normalized spacial score (nSPS) is 12.8. The number of aliphatic hydroxyl groups is 1. The maximum absolute atomic E-state index is 11.2. The number of aliphatic hydroxyl groups excluding tert-OH is 1. The molecule has 1 aromatic carbocycles. The Balaban J connectivity index is 2.13. The molecule has 0 spiro atoms. The first-order chi connectivity index (χ1) is 13.0. The molecule has 150 valence electrons. The van der Waals surface area contributed by atoms with Crippen LogP contribution in [0.5, 0.6) is 0 Å². The molecule has 0 bridgehead atoms. The van der Waals surface area contributed by atoms with Gasteiger partial charge in [-0.15, -0.1) is 0 Å². The van der Waals surface area contributed by atoms with Crippen LogP contribution in [0.2, 0.25) is 0 Å². The lowest BCUT2D eigenvalue weighted by atomic mass is 10.2. The number of nitrogens with zero attached hydrogens (tertiary/aromatic N) is 3. The van der Waals surface area contributed by atoms with Crippen LogP contribution in [0.1, 0.15) is 75.2 Å². The van der Waals surface area contributed by atoms with Gasteiger partial charge in [0, 0.05) is 6.54 Å². The summed E-state index contributed by atoms with van der Waals surface area (Å²) in [7, 11) is 0. The zero-order chi connectivity index (χ0) is 19.8. The number of carboxylic acids is 1. The molecule has 2 aromatic rings. The Hall–Kier alpha value is -1.92. The van der Waals surface area contributed by atoms with Crippen LogP contribution in [-0.2, 0) is 6.54 Å². The van der Waals surface area contributed by atoms with Crippen molar-refractivity contribution in [2.24, 2.45) is 0 Å². The van der Waals surface area contributed by atoms with Crippen molar-refractivity contribution in [3.8, 4) is 0 Å². The van der Waals surface area contributed by atoms with Gasteiger partial charge in [-0.25, -0.2) is 9.78 Å². The molecule has 2 rings (SSSR count). The van der Waals surface area contributed by atoms with Crippen LogP contribution < -0.4 is 0 Å². The van der Waals surface area contributed by atoms with Crippen LogP contribution in [0.25, 0.3) is 11.0 Å². The number of hydrogen-bond acceptors (Lipinski definition) is 4. The van der Waals surface area contributed by atoms with Crippen LogP contribution in [0.3, 0.4) is 0 Å². The summed E-state index contributed by atoms with van der Waals surface area (Å²) in [6, 6.07) is 4.97. The predicted octanol–water partition coefficient (Wildman–Crippen LogP) is 4.08. The molecule has 0 saturated carbocycles. The number of unbranched alkanes of at least 4 members (excludes halogenated alkanes) is 2. The van der Waals surface area contributed by atoms with Crippen LogP contribution in [0.4, 0.5) is 0 Å². The third kappa shape index (κ3) is 5.78. The van der Waals surface area contributed by atoms with Gasteiger partial charge in [0.1, 0.15) is 11.9 Å². The molecule has 1 unspecified atom stereocenters. The number of benzene rings is 1. The van der Waals surface area contributed by atoms with Gasteiger partial charge in [0.25, 0.3) is 0 Å². The van der Waals surface area contributed by atoms with Gasteiger partial charge in [0.15, 0.2) is 0 Å². The number of carbonyl (C=O) groups is 1. The topological polar surface area (TPSA) is 78.6 Å². The van der Waals surface area contributed by atoms with Gasteiger partial charge in [-0.1, -0.05) is 26.7 Å². The second kappa shape index (κ2) is 10.4. The lowest BCUT2D eigenvalue weighted by molar-refractivity contribution is 0.0697. The van der Waals surface area contributed by atoms with E-state index in [9.17, 15) is 15.0 Å². The largest absolute Gasteiger partial charge is 0.478 e. The van der Waals surface area contributed by atoms with Crippen molar-refractivity contribution in [2.75, 3.05) is 19.6 Å². The third-order valence-corrected chi connectivity index (χ3v) is 4.91. The summed E-state index contributed by atoms with van der Waals surface area (Å²) in [5.41, 5.74) is 1.72. The summed E-state index contributed by atoms with van der Waals surface area (Å²) in [5.74, 6) is -0.367. The summed E-state index contributed by atoms with van der Waals surface area (Å²) >= 11 is 0. The minimum atomic E-state index is -0.965. The lowest BCUT2D eigenvalue weighted by Crippen LogP contribution is -2.28. The number of imidazole rings is 1. The van der Waals surface area contributed by atoms with Gasteiger partial charge in [0.2, 0.25) is 0 Å². The number of fused-ring (bicyclic) bond motifs is 1. The van der Waals surface area contributed by atoms with E-state index in [-0.39, 0.29) is 5.56 Å². The number of hydrogen-bond donors (Lipinski definition) is 2. The zero-order valence-electron chi connectivity index (χ0n) is 16.8. The quantitative estimate of drug-likeness (QED) is 0.584. The van der Waals surface area contributed by atoms with Crippen LogP contribution in [-0.4, -0.2) is 50.3 Å². The van der Waals surface area contributed by atoms with Crippen molar-refractivity contribution >= 4 is 17.0 Å². The Morgan fingerprint density at radius 3 is 2.33 bits per heavy atom. The van der Waals surface area contributed by atoms with Crippen molar-refractivity contribution in [3.05, 3.63) is 29.6 Å². The van der Waals surface area contributed by atoms with Crippen LogP contribution in [0.15, 0.2) is 18.2 Å². The van der Waals surface area contributed by atoms with E-state index >= 15 is 0 Å². The third-order valence-electron chi connectivity index (χ3n) is 4.91. The molecule has 0 radical (unpaired) electrons. The van der Waals surface area contributed by atoms with Crippen molar-refractivity contribution < 1.29 is 15.0 Å². The molecule has 0 aliphatic carbocycles. The Labute approximate surface area is 161 Å². The molecule has 0 saturated heterocycles.